The minimum Gasteiger partial charge on any atom is -0.383 e. The Labute approximate surface area is 123 Å². The van der Waals surface area contributed by atoms with Gasteiger partial charge in [-0.3, -0.25) is 0 Å². The molecule has 0 saturated carbocycles. The quantitative estimate of drug-likeness (QED) is 0.721. The van der Waals surface area contributed by atoms with Crippen LogP contribution in [-0.2, 0) is 19.5 Å². The molecular formula is C12H18N2O4S2. The monoisotopic (exact) mass is 318 g/mol. The fourth-order valence-corrected chi connectivity index (χ4v) is 4.55. The van der Waals surface area contributed by atoms with Crippen LogP contribution in [0.3, 0.4) is 0 Å². The summed E-state index contributed by atoms with van der Waals surface area (Å²) in [5.41, 5.74) is 0. The first kappa shape index (κ1) is 17.1. The molecule has 1 aromatic rings. The Morgan fingerprint density at radius 3 is 2.60 bits per heavy atom. The Balaban J connectivity index is 3.06. The van der Waals surface area contributed by atoms with E-state index in [-0.39, 0.29) is 16.8 Å². The Morgan fingerprint density at radius 1 is 1.40 bits per heavy atom. The Morgan fingerprint density at radius 2 is 2.10 bits per heavy atom. The van der Waals surface area contributed by atoms with E-state index >= 15 is 0 Å². The summed E-state index contributed by atoms with van der Waals surface area (Å²) in [6.07, 6.45) is 0. The number of rotatable bonds is 8. The van der Waals surface area contributed by atoms with Gasteiger partial charge in [-0.25, -0.2) is 8.42 Å². The number of hydrogen-bond acceptors (Lipinski definition) is 6. The first-order valence-electron chi connectivity index (χ1n) is 5.97. The second-order valence-corrected chi connectivity index (χ2v) is 7.34. The van der Waals surface area contributed by atoms with Crippen LogP contribution in [-0.4, -0.2) is 52.7 Å². The molecule has 6 nitrogen and oxygen atoms in total. The van der Waals surface area contributed by atoms with E-state index in [1.165, 1.54) is 30.7 Å². The summed E-state index contributed by atoms with van der Waals surface area (Å²) in [7, 11) is -0.600. The normalized spacial score (nSPS) is 13.3. The number of sulfonamides is 1. The van der Waals surface area contributed by atoms with Crippen molar-refractivity contribution in [2.45, 2.75) is 17.2 Å². The van der Waals surface area contributed by atoms with Crippen molar-refractivity contribution < 1.29 is 17.9 Å². The molecule has 0 aromatic carbocycles. The average Bonchev–Trinajstić information content (AvgIpc) is 2.88. The molecule has 1 aromatic heterocycles. The lowest BCUT2D eigenvalue weighted by Crippen LogP contribution is -2.42. The van der Waals surface area contributed by atoms with Crippen LogP contribution >= 0.6 is 11.3 Å². The minimum atomic E-state index is -3.64. The van der Waals surface area contributed by atoms with E-state index < -0.39 is 10.0 Å². The van der Waals surface area contributed by atoms with Crippen molar-refractivity contribution in [1.29, 1.82) is 5.26 Å². The smallest absolute Gasteiger partial charge is 0.252 e. The van der Waals surface area contributed by atoms with Gasteiger partial charge in [0.05, 0.1) is 13.2 Å². The van der Waals surface area contributed by atoms with Crippen molar-refractivity contribution >= 4 is 21.4 Å². The SMILES string of the molecule is COCCN(C(C)COC)S(=O)(=O)c1ccc(C#N)s1. The van der Waals surface area contributed by atoms with Gasteiger partial charge < -0.3 is 9.47 Å². The van der Waals surface area contributed by atoms with E-state index in [1.807, 2.05) is 6.07 Å². The molecule has 0 amide bonds. The average molecular weight is 318 g/mol. The van der Waals surface area contributed by atoms with Gasteiger partial charge in [0.2, 0.25) is 0 Å². The van der Waals surface area contributed by atoms with Crippen molar-refractivity contribution in [1.82, 2.24) is 4.31 Å². The van der Waals surface area contributed by atoms with Crippen molar-refractivity contribution in [3.63, 3.8) is 0 Å². The fourth-order valence-electron chi connectivity index (χ4n) is 1.72. The van der Waals surface area contributed by atoms with Gasteiger partial charge in [0, 0.05) is 26.8 Å². The highest BCUT2D eigenvalue weighted by Gasteiger charge is 2.30. The molecule has 0 aliphatic carbocycles. The highest BCUT2D eigenvalue weighted by molar-refractivity contribution is 7.91. The number of thiophene rings is 1. The third-order valence-corrected chi connectivity index (χ3v) is 6.14. The maximum atomic E-state index is 12.6. The van der Waals surface area contributed by atoms with Gasteiger partial charge in [0.25, 0.3) is 10.0 Å². The fraction of sp³-hybridized carbons (Fsp3) is 0.583. The summed E-state index contributed by atoms with van der Waals surface area (Å²) in [6, 6.07) is 4.59. The molecule has 1 heterocycles. The van der Waals surface area contributed by atoms with Crippen molar-refractivity contribution in [3.8, 4) is 6.07 Å². The van der Waals surface area contributed by atoms with Crippen LogP contribution in [0.25, 0.3) is 0 Å². The zero-order chi connectivity index (χ0) is 15.2. The van der Waals surface area contributed by atoms with E-state index in [9.17, 15) is 8.42 Å². The summed E-state index contributed by atoms with van der Waals surface area (Å²) >= 11 is 0.965. The number of nitrogens with zero attached hydrogens (tertiary/aromatic N) is 2. The first-order valence-corrected chi connectivity index (χ1v) is 8.22. The van der Waals surface area contributed by atoms with Crippen LogP contribution in [0.15, 0.2) is 16.3 Å². The van der Waals surface area contributed by atoms with Gasteiger partial charge in [-0.05, 0) is 19.1 Å². The number of nitriles is 1. The number of methoxy groups -OCH3 is 2. The van der Waals surface area contributed by atoms with Gasteiger partial charge in [-0.1, -0.05) is 0 Å². The molecule has 0 aliphatic rings. The summed E-state index contributed by atoms with van der Waals surface area (Å²) < 4.78 is 36.7. The van der Waals surface area contributed by atoms with Gasteiger partial charge >= 0.3 is 0 Å². The topological polar surface area (TPSA) is 79.6 Å². The van der Waals surface area contributed by atoms with E-state index in [2.05, 4.69) is 0 Å². The van der Waals surface area contributed by atoms with Crippen LogP contribution in [0.5, 0.6) is 0 Å². The van der Waals surface area contributed by atoms with Gasteiger partial charge in [-0.2, -0.15) is 9.57 Å². The van der Waals surface area contributed by atoms with Crippen LogP contribution in [0.2, 0.25) is 0 Å². The van der Waals surface area contributed by atoms with E-state index in [1.54, 1.807) is 6.92 Å². The number of ether oxygens (including phenoxy) is 2. The predicted molar refractivity (Wildman–Crippen MR) is 76.1 cm³/mol. The molecule has 1 unspecified atom stereocenters. The Kier molecular flexibility index (Phi) is 6.58. The summed E-state index contributed by atoms with van der Waals surface area (Å²) in [5, 5.41) is 8.80. The van der Waals surface area contributed by atoms with Crippen LogP contribution in [0.4, 0.5) is 0 Å². The third-order valence-electron chi connectivity index (χ3n) is 2.67. The molecule has 0 N–H and O–H groups in total. The standard InChI is InChI=1S/C12H18N2O4S2/c1-10(9-18-3)14(6-7-17-2)20(15,16)12-5-4-11(8-13)19-12/h4-5,10H,6-7,9H2,1-3H3. The zero-order valence-electron chi connectivity index (χ0n) is 11.7. The lowest BCUT2D eigenvalue weighted by Gasteiger charge is -2.27. The second kappa shape index (κ2) is 7.71. The zero-order valence-corrected chi connectivity index (χ0v) is 13.3. The van der Waals surface area contributed by atoms with Gasteiger partial charge in [-0.15, -0.1) is 11.3 Å². The Hall–Kier alpha value is -0.980. The van der Waals surface area contributed by atoms with Gasteiger partial charge in [0.15, 0.2) is 0 Å². The molecule has 20 heavy (non-hydrogen) atoms. The van der Waals surface area contributed by atoms with Crippen LogP contribution in [0.1, 0.15) is 11.8 Å². The molecule has 0 saturated heterocycles. The molecular weight excluding hydrogens is 300 g/mol. The number of hydrogen-bond donors (Lipinski definition) is 0. The molecule has 0 bridgehead atoms. The largest absolute Gasteiger partial charge is 0.383 e. The highest BCUT2D eigenvalue weighted by Crippen LogP contribution is 2.25. The second-order valence-electron chi connectivity index (χ2n) is 4.14. The minimum absolute atomic E-state index is 0.160. The first-order chi connectivity index (χ1) is 9.47. The van der Waals surface area contributed by atoms with Crippen molar-refractivity contribution in [3.05, 3.63) is 17.0 Å². The molecule has 0 aliphatic heterocycles. The van der Waals surface area contributed by atoms with E-state index in [0.29, 0.717) is 18.1 Å². The van der Waals surface area contributed by atoms with Crippen LogP contribution in [0, 0.1) is 11.3 Å². The lowest BCUT2D eigenvalue weighted by atomic mass is 10.3. The maximum Gasteiger partial charge on any atom is 0.252 e. The van der Waals surface area contributed by atoms with Crippen molar-refractivity contribution in [2.75, 3.05) is 34.0 Å². The molecule has 0 spiro atoms. The molecule has 112 valence electrons. The predicted octanol–water partition coefficient (Wildman–Crippen LogP) is 1.29. The molecule has 0 fully saturated rings. The Bertz CT molecular complexity index is 562. The maximum absolute atomic E-state index is 12.6. The van der Waals surface area contributed by atoms with E-state index in [0.717, 1.165) is 11.3 Å². The molecule has 1 atom stereocenters. The van der Waals surface area contributed by atoms with Crippen molar-refractivity contribution in [2.24, 2.45) is 0 Å². The summed E-state index contributed by atoms with van der Waals surface area (Å²) in [6.45, 7) is 2.60. The summed E-state index contributed by atoms with van der Waals surface area (Å²) in [5.74, 6) is 0. The molecule has 0 radical (unpaired) electrons. The third kappa shape index (κ3) is 4.01. The highest BCUT2D eigenvalue weighted by atomic mass is 32.2. The van der Waals surface area contributed by atoms with E-state index in [4.69, 9.17) is 14.7 Å². The molecule has 1 rings (SSSR count). The van der Waals surface area contributed by atoms with Gasteiger partial charge in [0.1, 0.15) is 15.2 Å². The lowest BCUT2D eigenvalue weighted by molar-refractivity contribution is 0.119. The molecule has 8 heteroatoms. The summed E-state index contributed by atoms with van der Waals surface area (Å²) in [4.78, 5) is 0.370. The van der Waals surface area contributed by atoms with Crippen LogP contribution < -0.4 is 0 Å².